The average Bonchev–Trinajstić information content (AvgIpc) is 3.52. The highest BCUT2D eigenvalue weighted by Gasteiger charge is 2.24. The number of aromatic nitrogens is 3. The molecule has 0 spiro atoms. The van der Waals surface area contributed by atoms with Gasteiger partial charge in [-0.1, -0.05) is 99.3 Å². The Labute approximate surface area is 279 Å². The van der Waals surface area contributed by atoms with Gasteiger partial charge in [0.05, 0.1) is 17.6 Å². The third-order valence-electron chi connectivity index (χ3n) is 8.62. The van der Waals surface area contributed by atoms with Gasteiger partial charge in [0, 0.05) is 47.7 Å². The van der Waals surface area contributed by atoms with Gasteiger partial charge < -0.3 is 4.90 Å². The summed E-state index contributed by atoms with van der Waals surface area (Å²) in [5.74, 6) is 0. The maximum atomic E-state index is 4.82. The van der Waals surface area contributed by atoms with Crippen LogP contribution in [0.5, 0.6) is 0 Å². The first kappa shape index (κ1) is 31.5. The van der Waals surface area contributed by atoms with Crippen molar-refractivity contribution in [3.63, 3.8) is 0 Å². The maximum absolute atomic E-state index is 4.82. The van der Waals surface area contributed by atoms with E-state index in [1.54, 1.807) is 0 Å². The third kappa shape index (κ3) is 6.73. The molecule has 0 amide bonds. The molecule has 6 aromatic rings. The van der Waals surface area contributed by atoms with E-state index in [9.17, 15) is 0 Å². The maximum Gasteiger partial charge on any atom is 0.0701 e. The van der Waals surface area contributed by atoms with Crippen molar-refractivity contribution in [2.75, 3.05) is 4.90 Å². The van der Waals surface area contributed by atoms with E-state index in [1.807, 2.05) is 49.1 Å². The van der Waals surface area contributed by atoms with Crippen molar-refractivity contribution in [1.82, 2.24) is 14.8 Å². The van der Waals surface area contributed by atoms with Crippen molar-refractivity contribution in [2.45, 2.75) is 46.6 Å². The Morgan fingerprint density at radius 1 is 0.851 bits per heavy atom. The summed E-state index contributed by atoms with van der Waals surface area (Å²) >= 11 is 0. The molecule has 2 aromatic heterocycles. The summed E-state index contributed by atoms with van der Waals surface area (Å²) in [4.78, 5) is 7.02. The van der Waals surface area contributed by atoms with Crippen LogP contribution in [0.1, 0.15) is 54.4 Å². The van der Waals surface area contributed by atoms with Gasteiger partial charge in [0.25, 0.3) is 0 Å². The van der Waals surface area contributed by atoms with Crippen LogP contribution in [-0.4, -0.2) is 20.8 Å². The smallest absolute Gasteiger partial charge is 0.0701 e. The first-order valence-corrected chi connectivity index (χ1v) is 16.5. The second kappa shape index (κ2) is 14.3. The highest BCUT2D eigenvalue weighted by molar-refractivity contribution is 5.93. The molecule has 0 saturated carbocycles. The van der Waals surface area contributed by atoms with Crippen molar-refractivity contribution in [3.05, 3.63) is 179 Å². The number of benzene rings is 4. The van der Waals surface area contributed by atoms with E-state index in [2.05, 4.69) is 133 Å². The molecule has 3 heterocycles. The van der Waals surface area contributed by atoms with Crippen molar-refractivity contribution in [2.24, 2.45) is 0 Å². The molecule has 0 radical (unpaired) electrons. The van der Waals surface area contributed by atoms with Gasteiger partial charge in [-0.2, -0.15) is 5.10 Å². The molecule has 4 nitrogen and oxygen atoms in total. The molecule has 234 valence electrons. The summed E-state index contributed by atoms with van der Waals surface area (Å²) in [7, 11) is 0. The van der Waals surface area contributed by atoms with Crippen LogP contribution in [0.15, 0.2) is 146 Å². The monoisotopic (exact) mass is 614 g/mol. The number of rotatable bonds is 5. The van der Waals surface area contributed by atoms with Gasteiger partial charge in [0.1, 0.15) is 0 Å². The normalized spacial score (nSPS) is 16.1. The fourth-order valence-electron chi connectivity index (χ4n) is 6.31. The molecule has 0 bridgehead atoms. The van der Waals surface area contributed by atoms with Crippen LogP contribution in [0, 0.1) is 6.92 Å². The number of para-hydroxylation sites is 1. The lowest BCUT2D eigenvalue weighted by atomic mass is 9.95. The quantitative estimate of drug-likeness (QED) is 0.194. The standard InChI is InChI=1S/C41H36N4.C2H6/c1-29-19-21-33-13-7-8-18-38(33)39(29)27-41-30(2)24-34-28-43-45(36-15-5-4-6-16-36)40(34)22-20-31(3)44(41)37-17-11-12-32(26-37)25-35-14-9-10-23-42-35;1-2/h4-23,26-28,31H,2,24-25H2,1,3H3;1-2H3/b22-20-,41-27+;. The molecular weight excluding hydrogens is 573 g/mol. The molecule has 4 heteroatoms. The Kier molecular flexibility index (Phi) is 9.59. The van der Waals surface area contributed by atoms with E-state index in [1.165, 1.54) is 27.5 Å². The Morgan fingerprint density at radius 2 is 1.62 bits per heavy atom. The van der Waals surface area contributed by atoms with Gasteiger partial charge in [-0.25, -0.2) is 4.68 Å². The number of anilines is 1. The number of hydrogen-bond acceptors (Lipinski definition) is 3. The Balaban J connectivity index is 0.00000190. The number of aryl methyl sites for hydroxylation is 1. The molecule has 7 rings (SSSR count). The largest absolute Gasteiger partial charge is 0.335 e. The summed E-state index contributed by atoms with van der Waals surface area (Å²) in [6, 6.07) is 38.4. The zero-order valence-electron chi connectivity index (χ0n) is 27.8. The van der Waals surface area contributed by atoms with Crippen LogP contribution in [0.3, 0.4) is 0 Å². The molecule has 0 aliphatic carbocycles. The third-order valence-corrected chi connectivity index (χ3v) is 8.62. The fraction of sp³-hybridized carbons (Fsp3) is 0.163. The Hall–Kier alpha value is -5.48. The SMILES string of the molecule is C=C1Cc2cnn(-c3ccccc3)c2/C=C\C(C)N(c2cccc(Cc3ccccn3)c2)/C1=C/c1c(C)ccc2ccccc12.CC. The molecule has 47 heavy (non-hydrogen) atoms. The van der Waals surface area contributed by atoms with Crippen molar-refractivity contribution in [3.8, 4) is 5.69 Å². The minimum Gasteiger partial charge on any atom is -0.335 e. The molecule has 1 aliphatic rings. The van der Waals surface area contributed by atoms with Crippen LogP contribution in [0.4, 0.5) is 5.69 Å². The lowest BCUT2D eigenvalue weighted by Crippen LogP contribution is -2.32. The van der Waals surface area contributed by atoms with Gasteiger partial charge in [0.2, 0.25) is 0 Å². The molecule has 0 N–H and O–H groups in total. The number of pyridine rings is 1. The summed E-state index contributed by atoms with van der Waals surface area (Å²) in [5, 5.41) is 7.29. The lowest BCUT2D eigenvalue weighted by Gasteiger charge is -2.33. The van der Waals surface area contributed by atoms with Crippen LogP contribution in [0.2, 0.25) is 0 Å². The van der Waals surface area contributed by atoms with Crippen LogP contribution >= 0.6 is 0 Å². The van der Waals surface area contributed by atoms with E-state index in [0.717, 1.165) is 46.0 Å². The van der Waals surface area contributed by atoms with Crippen molar-refractivity contribution in [1.29, 1.82) is 0 Å². The minimum absolute atomic E-state index is 0.0263. The number of nitrogens with zero attached hydrogens (tertiary/aromatic N) is 4. The minimum atomic E-state index is 0.0263. The first-order chi connectivity index (χ1) is 23.0. The van der Waals surface area contributed by atoms with Gasteiger partial charge in [0.15, 0.2) is 0 Å². The second-order valence-electron chi connectivity index (χ2n) is 11.8. The summed E-state index contributed by atoms with van der Waals surface area (Å²) in [6.07, 6.45) is 12.2. The van der Waals surface area contributed by atoms with Crippen LogP contribution in [0.25, 0.3) is 28.6 Å². The van der Waals surface area contributed by atoms with Crippen LogP contribution < -0.4 is 4.90 Å². The zero-order valence-corrected chi connectivity index (χ0v) is 27.8. The van der Waals surface area contributed by atoms with E-state index in [-0.39, 0.29) is 6.04 Å². The summed E-state index contributed by atoms with van der Waals surface area (Å²) < 4.78 is 2.03. The zero-order chi connectivity index (χ0) is 32.8. The number of allylic oxidation sites excluding steroid dienone is 1. The molecule has 0 fully saturated rings. The second-order valence-corrected chi connectivity index (χ2v) is 11.8. The van der Waals surface area contributed by atoms with Gasteiger partial charge in [-0.3, -0.25) is 4.98 Å². The molecule has 1 unspecified atom stereocenters. The first-order valence-electron chi connectivity index (χ1n) is 16.5. The lowest BCUT2D eigenvalue weighted by molar-refractivity contribution is 0.825. The fourth-order valence-corrected chi connectivity index (χ4v) is 6.31. The summed E-state index contributed by atoms with van der Waals surface area (Å²) in [5.41, 5.74) is 11.3. The topological polar surface area (TPSA) is 34.0 Å². The molecule has 1 atom stereocenters. The molecular formula is C43H42N4. The highest BCUT2D eigenvalue weighted by Crippen LogP contribution is 2.35. The van der Waals surface area contributed by atoms with Crippen molar-refractivity contribution >= 4 is 28.6 Å². The van der Waals surface area contributed by atoms with Gasteiger partial charge in [-0.05, 0) is 95.4 Å². The Bertz CT molecular complexity index is 2050. The molecule has 1 aliphatic heterocycles. The molecule has 4 aromatic carbocycles. The predicted octanol–water partition coefficient (Wildman–Crippen LogP) is 10.4. The number of fused-ring (bicyclic) bond motifs is 2. The van der Waals surface area contributed by atoms with Gasteiger partial charge >= 0.3 is 0 Å². The number of hydrogen-bond donors (Lipinski definition) is 0. The summed E-state index contributed by atoms with van der Waals surface area (Å²) in [6.45, 7) is 13.2. The van der Waals surface area contributed by atoms with E-state index in [0.29, 0.717) is 6.42 Å². The van der Waals surface area contributed by atoms with Gasteiger partial charge in [-0.15, -0.1) is 0 Å². The Morgan fingerprint density at radius 3 is 2.43 bits per heavy atom. The van der Waals surface area contributed by atoms with Crippen LogP contribution in [-0.2, 0) is 12.8 Å². The van der Waals surface area contributed by atoms with E-state index in [4.69, 9.17) is 11.7 Å². The van der Waals surface area contributed by atoms with E-state index >= 15 is 0 Å². The highest BCUT2D eigenvalue weighted by atomic mass is 15.3. The average molecular weight is 615 g/mol. The predicted molar refractivity (Wildman–Crippen MR) is 199 cm³/mol. The van der Waals surface area contributed by atoms with E-state index < -0.39 is 0 Å². The molecule has 0 saturated heterocycles. The van der Waals surface area contributed by atoms with Crippen molar-refractivity contribution < 1.29 is 0 Å².